The second kappa shape index (κ2) is 11.5. The fourth-order valence-corrected chi connectivity index (χ4v) is 4.81. The quantitative estimate of drug-likeness (QED) is 0.246. The van der Waals surface area contributed by atoms with Crippen LogP contribution in [-0.2, 0) is 23.4 Å². The van der Waals surface area contributed by atoms with Gasteiger partial charge in [0.05, 0.1) is 24.9 Å². The molecule has 1 aliphatic heterocycles. The van der Waals surface area contributed by atoms with Crippen molar-refractivity contribution in [2.24, 2.45) is 5.73 Å². The standard InChI is InChI=1S/C21H28FN4O9P/c1-11(2)33-20(29)12(3)25-36(31,35-13-7-5-4-6-8-13)32-10-15-17(27)16(23)19(34-15)26-9-14(22)18(28)24-21(26)30/h4-9,11-12,15-17,19,27H,10,23H2,1-3H3,(H,25,31)(H,24,28,30)/t12-,15-,16-,17-,19-,36?/m1/s1. The number of benzene rings is 1. The smallest absolute Gasteiger partial charge is 0.459 e. The van der Waals surface area contributed by atoms with E-state index < -0.39 is 74.0 Å². The molecule has 1 saturated heterocycles. The third kappa shape index (κ3) is 6.66. The number of hydrogen-bond acceptors (Lipinski definition) is 10. The Kier molecular flexibility index (Phi) is 8.82. The Bertz CT molecular complexity index is 1220. The van der Waals surface area contributed by atoms with E-state index in [4.69, 9.17) is 24.3 Å². The molecular formula is C21H28FN4O9P. The van der Waals surface area contributed by atoms with Crippen LogP contribution < -0.4 is 26.6 Å². The lowest BCUT2D eigenvalue weighted by Crippen LogP contribution is -2.43. The molecule has 2 aromatic rings. The lowest BCUT2D eigenvalue weighted by molar-refractivity contribution is -0.149. The van der Waals surface area contributed by atoms with E-state index in [9.17, 15) is 28.4 Å². The maximum absolute atomic E-state index is 13.7. The largest absolute Gasteiger partial charge is 0.462 e. The first-order chi connectivity index (χ1) is 16.9. The van der Waals surface area contributed by atoms with Crippen LogP contribution in [0.3, 0.4) is 0 Å². The highest BCUT2D eigenvalue weighted by Crippen LogP contribution is 2.45. The molecule has 1 aliphatic rings. The highest BCUT2D eigenvalue weighted by molar-refractivity contribution is 7.52. The number of ether oxygens (including phenoxy) is 2. The molecule has 1 aromatic carbocycles. The van der Waals surface area contributed by atoms with Gasteiger partial charge in [0.25, 0.3) is 5.56 Å². The van der Waals surface area contributed by atoms with Crippen molar-refractivity contribution in [2.45, 2.75) is 57.4 Å². The van der Waals surface area contributed by atoms with E-state index >= 15 is 0 Å². The Morgan fingerprint density at radius 3 is 2.61 bits per heavy atom. The normalized spacial score (nSPS) is 24.3. The summed E-state index contributed by atoms with van der Waals surface area (Å²) >= 11 is 0. The number of aliphatic hydroxyl groups is 1. The summed E-state index contributed by atoms with van der Waals surface area (Å²) in [6, 6.07) is 5.66. The third-order valence-corrected chi connectivity index (χ3v) is 6.70. The molecule has 6 atom stereocenters. The van der Waals surface area contributed by atoms with E-state index in [-0.39, 0.29) is 5.75 Å². The van der Waals surface area contributed by atoms with E-state index in [2.05, 4.69) is 5.09 Å². The molecule has 36 heavy (non-hydrogen) atoms. The van der Waals surface area contributed by atoms with Crippen LogP contribution in [-0.4, -0.2) is 57.6 Å². The summed E-state index contributed by atoms with van der Waals surface area (Å²) < 4.78 is 49.6. The van der Waals surface area contributed by atoms with Crippen molar-refractivity contribution in [3.8, 4) is 5.75 Å². The van der Waals surface area contributed by atoms with E-state index in [1.165, 1.54) is 19.1 Å². The number of hydrogen-bond donors (Lipinski definition) is 4. The molecule has 0 aliphatic carbocycles. The van der Waals surface area contributed by atoms with Gasteiger partial charge in [-0.05, 0) is 32.9 Å². The molecule has 5 N–H and O–H groups in total. The fraction of sp³-hybridized carbons (Fsp3) is 0.476. The van der Waals surface area contributed by atoms with Crippen LogP contribution in [0, 0.1) is 5.82 Å². The van der Waals surface area contributed by atoms with Crippen LogP contribution in [0.2, 0.25) is 0 Å². The van der Waals surface area contributed by atoms with Crippen LogP contribution in [0.15, 0.2) is 46.1 Å². The maximum atomic E-state index is 13.7. The Morgan fingerprint density at radius 1 is 1.31 bits per heavy atom. The van der Waals surface area contributed by atoms with Crippen LogP contribution in [0.25, 0.3) is 0 Å². The van der Waals surface area contributed by atoms with Crippen LogP contribution in [0.5, 0.6) is 5.75 Å². The number of carbonyl (C=O) groups excluding carboxylic acids is 1. The van der Waals surface area contributed by atoms with Gasteiger partial charge < -0.3 is 24.8 Å². The molecule has 0 spiro atoms. The number of para-hydroxylation sites is 1. The molecule has 0 bridgehead atoms. The Balaban J connectivity index is 1.77. The molecule has 1 unspecified atom stereocenters. The SMILES string of the molecule is CC(C)OC(=O)[C@@H](C)NP(=O)(OC[C@H]1O[C@@H](n2cc(F)c(=O)[nH]c2=O)[C@H](N)[C@@H]1O)Oc1ccccc1. The van der Waals surface area contributed by atoms with Crippen molar-refractivity contribution in [1.29, 1.82) is 0 Å². The average molecular weight is 530 g/mol. The Labute approximate surface area is 204 Å². The summed E-state index contributed by atoms with van der Waals surface area (Å²) in [6.07, 6.45) is -3.85. The number of H-pyrrole nitrogens is 1. The second-order valence-electron chi connectivity index (χ2n) is 8.31. The van der Waals surface area contributed by atoms with Gasteiger partial charge in [-0.1, -0.05) is 18.2 Å². The van der Waals surface area contributed by atoms with Crippen molar-refractivity contribution in [1.82, 2.24) is 14.6 Å². The summed E-state index contributed by atoms with van der Waals surface area (Å²) in [5, 5.41) is 13.0. The van der Waals surface area contributed by atoms with Gasteiger partial charge in [0, 0.05) is 0 Å². The first kappa shape index (κ1) is 27.7. The predicted octanol–water partition coefficient (Wildman–Crippen LogP) is 0.395. The molecule has 13 nitrogen and oxygen atoms in total. The molecule has 15 heteroatoms. The average Bonchev–Trinajstić information content (AvgIpc) is 3.08. The number of nitrogens with zero attached hydrogens (tertiary/aromatic N) is 1. The van der Waals surface area contributed by atoms with Crippen LogP contribution >= 0.6 is 7.75 Å². The van der Waals surface area contributed by atoms with Crippen LogP contribution in [0.1, 0.15) is 27.0 Å². The van der Waals surface area contributed by atoms with Crippen molar-refractivity contribution < 1.29 is 37.4 Å². The number of aromatic nitrogens is 2. The highest BCUT2D eigenvalue weighted by atomic mass is 31.2. The summed E-state index contributed by atoms with van der Waals surface area (Å²) in [6.45, 7) is 4.15. The van der Waals surface area contributed by atoms with E-state index in [1.54, 1.807) is 37.0 Å². The molecule has 0 radical (unpaired) electrons. The van der Waals surface area contributed by atoms with E-state index in [1.807, 2.05) is 0 Å². The molecule has 1 fully saturated rings. The number of aliphatic hydroxyl groups excluding tert-OH is 1. The van der Waals surface area contributed by atoms with Crippen molar-refractivity contribution in [2.75, 3.05) is 6.61 Å². The predicted molar refractivity (Wildman–Crippen MR) is 124 cm³/mol. The summed E-state index contributed by atoms with van der Waals surface area (Å²) in [5.41, 5.74) is 3.72. The van der Waals surface area contributed by atoms with Gasteiger partial charge in [-0.3, -0.25) is 23.7 Å². The highest BCUT2D eigenvalue weighted by Gasteiger charge is 2.45. The van der Waals surface area contributed by atoms with Crippen LogP contribution in [0.4, 0.5) is 4.39 Å². The lowest BCUT2D eigenvalue weighted by Gasteiger charge is -2.25. The third-order valence-electron chi connectivity index (χ3n) is 5.05. The zero-order valence-electron chi connectivity index (χ0n) is 19.7. The minimum Gasteiger partial charge on any atom is -0.462 e. The maximum Gasteiger partial charge on any atom is 0.459 e. The van der Waals surface area contributed by atoms with Gasteiger partial charge >= 0.3 is 19.4 Å². The topological polar surface area (TPSA) is 184 Å². The second-order valence-corrected chi connectivity index (χ2v) is 10.0. The van der Waals surface area contributed by atoms with Crippen molar-refractivity contribution >= 4 is 13.7 Å². The van der Waals surface area contributed by atoms with E-state index in [0.29, 0.717) is 10.8 Å². The Hall–Kier alpha value is -2.87. The molecule has 0 amide bonds. The summed E-state index contributed by atoms with van der Waals surface area (Å²) in [4.78, 5) is 37.4. The van der Waals surface area contributed by atoms with Crippen molar-refractivity contribution in [3.63, 3.8) is 0 Å². The van der Waals surface area contributed by atoms with Gasteiger partial charge in [-0.15, -0.1) is 0 Å². The van der Waals surface area contributed by atoms with Gasteiger partial charge in [-0.25, -0.2) is 9.36 Å². The first-order valence-electron chi connectivity index (χ1n) is 11.0. The van der Waals surface area contributed by atoms with Gasteiger partial charge in [0.1, 0.15) is 24.0 Å². The molecular weight excluding hydrogens is 502 g/mol. The van der Waals surface area contributed by atoms with Crippen molar-refractivity contribution in [3.05, 3.63) is 63.2 Å². The number of carbonyl (C=O) groups is 1. The molecule has 1 aromatic heterocycles. The molecule has 198 valence electrons. The summed E-state index contributed by atoms with van der Waals surface area (Å²) in [7, 11) is -4.27. The first-order valence-corrected chi connectivity index (χ1v) is 12.5. The fourth-order valence-electron chi connectivity index (χ4n) is 3.31. The van der Waals surface area contributed by atoms with Gasteiger partial charge in [-0.2, -0.15) is 9.48 Å². The minimum atomic E-state index is -4.27. The van der Waals surface area contributed by atoms with E-state index in [0.717, 1.165) is 0 Å². The van der Waals surface area contributed by atoms with Gasteiger partial charge in [0.2, 0.25) is 5.82 Å². The zero-order chi connectivity index (χ0) is 26.6. The minimum absolute atomic E-state index is 0.162. The molecule has 2 heterocycles. The molecule has 3 rings (SSSR count). The monoisotopic (exact) mass is 530 g/mol. The number of nitrogens with one attached hydrogen (secondary N) is 2. The number of halogens is 1. The van der Waals surface area contributed by atoms with Gasteiger partial charge in [0.15, 0.2) is 6.23 Å². The lowest BCUT2D eigenvalue weighted by atomic mass is 10.1. The Morgan fingerprint density at radius 2 is 1.97 bits per heavy atom. The number of aromatic amines is 1. The number of nitrogens with two attached hydrogens (primary N) is 1. The zero-order valence-corrected chi connectivity index (χ0v) is 20.6. The molecule has 0 saturated carbocycles. The number of rotatable bonds is 10. The summed E-state index contributed by atoms with van der Waals surface area (Å²) in [5.74, 6) is -1.80. The number of esters is 1.